The van der Waals surface area contributed by atoms with E-state index in [9.17, 15) is 0 Å². The molecule has 0 heterocycles. The van der Waals surface area contributed by atoms with Crippen LogP contribution in [0.3, 0.4) is 0 Å². The molecule has 1 rings (SSSR count). The van der Waals surface area contributed by atoms with Gasteiger partial charge in [-0.15, -0.1) is 6.42 Å². The van der Waals surface area contributed by atoms with Gasteiger partial charge in [-0.1, -0.05) is 69.2 Å². The topological polar surface area (TPSA) is 3.24 Å². The van der Waals surface area contributed by atoms with E-state index in [1.54, 1.807) is 0 Å². The van der Waals surface area contributed by atoms with E-state index in [4.69, 9.17) is 6.42 Å². The highest BCUT2D eigenvalue weighted by atomic mass is 31.1. The molecule has 2 unspecified atom stereocenters. The highest BCUT2D eigenvalue weighted by Gasteiger charge is 2.23. The van der Waals surface area contributed by atoms with Gasteiger partial charge in [0.15, 0.2) is 0 Å². The minimum atomic E-state index is -0.385. The summed E-state index contributed by atoms with van der Waals surface area (Å²) in [6.45, 7) is 10.00. The second-order valence-corrected chi connectivity index (χ2v) is 9.37. The van der Waals surface area contributed by atoms with Crippen molar-refractivity contribution >= 4 is 13.2 Å². The van der Waals surface area contributed by atoms with Crippen LogP contribution in [-0.4, -0.2) is 30.4 Å². The molecule has 2 heteroatoms. The summed E-state index contributed by atoms with van der Waals surface area (Å²) in [7, 11) is 1.83. The van der Waals surface area contributed by atoms with Crippen molar-refractivity contribution in [1.29, 1.82) is 0 Å². The zero-order chi connectivity index (χ0) is 16.6. The number of allylic oxidation sites excluding steroid dienone is 2. The summed E-state index contributed by atoms with van der Waals surface area (Å²) in [6.07, 6.45) is 12.2. The van der Waals surface area contributed by atoms with Gasteiger partial charge in [0.2, 0.25) is 0 Å². The van der Waals surface area contributed by atoms with Crippen molar-refractivity contribution in [3.63, 3.8) is 0 Å². The monoisotopic (exact) mass is 315 g/mol. The summed E-state index contributed by atoms with van der Waals surface area (Å²) >= 11 is 0. The highest BCUT2D eigenvalue weighted by molar-refractivity contribution is 7.66. The first-order valence-electron chi connectivity index (χ1n) is 7.95. The lowest BCUT2D eigenvalue weighted by Gasteiger charge is -2.32. The summed E-state index contributed by atoms with van der Waals surface area (Å²) in [4.78, 5) is 2.44. The molecule has 0 spiro atoms. The molecule has 0 radical (unpaired) electrons. The van der Waals surface area contributed by atoms with Crippen LogP contribution < -0.4 is 5.30 Å². The normalized spacial score (nSPS) is 15.0. The van der Waals surface area contributed by atoms with E-state index in [0.29, 0.717) is 11.1 Å². The maximum atomic E-state index is 5.87. The van der Waals surface area contributed by atoms with E-state index < -0.39 is 0 Å². The summed E-state index contributed by atoms with van der Waals surface area (Å²) in [5.41, 5.74) is 0.609. The van der Waals surface area contributed by atoms with Gasteiger partial charge < -0.3 is 4.90 Å². The first-order chi connectivity index (χ1) is 10.4. The zero-order valence-electron chi connectivity index (χ0n) is 14.7. The Morgan fingerprint density at radius 3 is 2.41 bits per heavy atom. The zero-order valence-corrected chi connectivity index (χ0v) is 15.6. The molecule has 0 N–H and O–H groups in total. The second kappa shape index (κ2) is 9.14. The molecule has 1 nitrogen and oxygen atoms in total. The van der Waals surface area contributed by atoms with Crippen LogP contribution in [-0.2, 0) is 0 Å². The van der Waals surface area contributed by atoms with E-state index in [1.165, 1.54) is 5.30 Å². The minimum absolute atomic E-state index is 0.302. The van der Waals surface area contributed by atoms with Crippen LogP contribution in [0.25, 0.3) is 0 Å². The van der Waals surface area contributed by atoms with E-state index in [0.717, 1.165) is 19.3 Å². The van der Waals surface area contributed by atoms with Gasteiger partial charge in [0.05, 0.1) is 0 Å². The van der Waals surface area contributed by atoms with Crippen LogP contribution in [0.4, 0.5) is 0 Å². The summed E-state index contributed by atoms with van der Waals surface area (Å²) < 4.78 is 0. The van der Waals surface area contributed by atoms with Crippen molar-refractivity contribution in [2.24, 2.45) is 5.41 Å². The van der Waals surface area contributed by atoms with E-state index in [1.807, 2.05) is 0 Å². The Balaban J connectivity index is 2.94. The van der Waals surface area contributed by atoms with Crippen molar-refractivity contribution in [2.45, 2.75) is 39.8 Å². The first kappa shape index (κ1) is 19.0. The Kier molecular flexibility index (Phi) is 7.88. The second-order valence-electron chi connectivity index (χ2n) is 7.01. The molecule has 120 valence electrons. The van der Waals surface area contributed by atoms with Gasteiger partial charge in [-0.3, -0.25) is 0 Å². The fourth-order valence-electron chi connectivity index (χ4n) is 2.65. The molecular formula is C20H30NP. The molecule has 0 saturated heterocycles. The summed E-state index contributed by atoms with van der Waals surface area (Å²) in [5.74, 6) is 3.05. The predicted octanol–water partition coefficient (Wildman–Crippen LogP) is 4.70. The Hall–Kier alpha value is -1.09. The maximum absolute atomic E-state index is 5.87. The molecule has 0 aliphatic rings. The van der Waals surface area contributed by atoms with Crippen molar-refractivity contribution in [3.8, 4) is 12.3 Å². The summed E-state index contributed by atoms with van der Waals surface area (Å²) in [5, 5.41) is 1.41. The Morgan fingerprint density at radius 1 is 1.27 bits per heavy atom. The number of benzene rings is 1. The number of terminal acetylenes is 1. The molecular weight excluding hydrogens is 285 g/mol. The van der Waals surface area contributed by atoms with Crippen molar-refractivity contribution in [2.75, 3.05) is 19.9 Å². The van der Waals surface area contributed by atoms with E-state index in [2.05, 4.69) is 88.0 Å². The Labute approximate surface area is 138 Å². The van der Waals surface area contributed by atoms with Crippen LogP contribution in [0.15, 0.2) is 42.5 Å². The van der Waals surface area contributed by atoms with Crippen molar-refractivity contribution in [3.05, 3.63) is 42.5 Å². The molecule has 0 aliphatic carbocycles. The number of hydrogen-bond acceptors (Lipinski definition) is 1. The van der Waals surface area contributed by atoms with Gasteiger partial charge in [0.1, 0.15) is 0 Å². The Morgan fingerprint density at radius 2 is 1.91 bits per heavy atom. The standard InChI is InChI=1S/C20H30NP/c1-7-9-13-18(8-2)22(19-14-11-10-12-15-19)17-21(6)16-20(3,4)5/h2,7,9-12,14-15,18H,13,16-17H2,1,3-6H3/b9-7-. The molecule has 0 bridgehead atoms. The van der Waals surface area contributed by atoms with E-state index in [-0.39, 0.29) is 7.92 Å². The van der Waals surface area contributed by atoms with Gasteiger partial charge in [-0.25, -0.2) is 0 Å². The lowest BCUT2D eigenvalue weighted by Crippen LogP contribution is -2.32. The van der Waals surface area contributed by atoms with Crippen LogP contribution >= 0.6 is 7.92 Å². The average molecular weight is 315 g/mol. The third-order valence-corrected chi connectivity index (χ3v) is 6.25. The average Bonchev–Trinajstić information content (AvgIpc) is 2.45. The SMILES string of the molecule is C#CC(C/C=C\C)P(CN(C)CC(C)(C)C)c1ccccc1. The van der Waals surface area contributed by atoms with E-state index >= 15 is 0 Å². The van der Waals surface area contributed by atoms with Gasteiger partial charge >= 0.3 is 0 Å². The largest absolute Gasteiger partial charge is 0.301 e. The van der Waals surface area contributed by atoms with Crippen LogP contribution in [0.1, 0.15) is 34.1 Å². The quantitative estimate of drug-likeness (QED) is 0.400. The van der Waals surface area contributed by atoms with Crippen LogP contribution in [0.2, 0.25) is 0 Å². The van der Waals surface area contributed by atoms with Gasteiger partial charge in [0, 0.05) is 18.5 Å². The molecule has 0 amide bonds. The molecule has 0 aromatic heterocycles. The molecule has 0 fully saturated rings. The number of nitrogens with zero attached hydrogens (tertiary/aromatic N) is 1. The molecule has 22 heavy (non-hydrogen) atoms. The van der Waals surface area contributed by atoms with Crippen molar-refractivity contribution in [1.82, 2.24) is 4.90 Å². The van der Waals surface area contributed by atoms with Crippen LogP contribution in [0.5, 0.6) is 0 Å². The molecule has 2 atom stereocenters. The van der Waals surface area contributed by atoms with Gasteiger partial charge in [-0.2, -0.15) is 0 Å². The summed E-state index contributed by atoms with van der Waals surface area (Å²) in [6, 6.07) is 10.8. The number of rotatable bonds is 7. The van der Waals surface area contributed by atoms with Crippen LogP contribution in [0, 0.1) is 17.8 Å². The van der Waals surface area contributed by atoms with Gasteiger partial charge in [0.25, 0.3) is 0 Å². The fourth-order valence-corrected chi connectivity index (χ4v) is 5.10. The molecule has 1 aromatic carbocycles. The Bertz CT molecular complexity index is 493. The highest BCUT2D eigenvalue weighted by Crippen LogP contribution is 2.42. The minimum Gasteiger partial charge on any atom is -0.301 e. The molecule has 0 saturated carbocycles. The van der Waals surface area contributed by atoms with Crippen molar-refractivity contribution < 1.29 is 0 Å². The first-order valence-corrected chi connectivity index (χ1v) is 9.54. The smallest absolute Gasteiger partial charge is 0.0487 e. The third-order valence-electron chi connectivity index (χ3n) is 3.39. The third kappa shape index (κ3) is 6.78. The lowest BCUT2D eigenvalue weighted by atomic mass is 9.97. The number of hydrogen-bond donors (Lipinski definition) is 0. The predicted molar refractivity (Wildman–Crippen MR) is 102 cm³/mol. The maximum Gasteiger partial charge on any atom is 0.0487 e. The van der Waals surface area contributed by atoms with Gasteiger partial charge in [-0.05, 0) is 39.0 Å². The molecule has 0 aliphatic heterocycles. The lowest BCUT2D eigenvalue weighted by molar-refractivity contribution is 0.254. The molecule has 1 aromatic rings. The fraction of sp³-hybridized carbons (Fsp3) is 0.500.